The molecule has 2 nitrogen and oxygen atoms in total. The average molecular weight is 244 g/mol. The third kappa shape index (κ3) is 3.17. The van der Waals surface area contributed by atoms with Crippen molar-refractivity contribution in [2.24, 2.45) is 0 Å². The van der Waals surface area contributed by atoms with E-state index >= 15 is 0 Å². The molecule has 0 aliphatic carbocycles. The second-order valence-corrected chi connectivity index (χ2v) is 5.21. The number of hydrogen-bond donors (Lipinski definition) is 1. The van der Waals surface area contributed by atoms with Crippen LogP contribution >= 0.6 is 11.8 Å². The quantitative estimate of drug-likeness (QED) is 0.838. The molecule has 88 valence electrons. The molecule has 0 bridgehead atoms. The third-order valence-corrected chi connectivity index (χ3v) is 3.45. The van der Waals surface area contributed by atoms with Crippen LogP contribution in [0.2, 0.25) is 0 Å². The van der Waals surface area contributed by atoms with Gasteiger partial charge in [-0.1, -0.05) is 17.8 Å². The second-order valence-electron chi connectivity index (χ2n) is 4.06. The number of nitrogens with zero attached hydrogens (tertiary/aromatic N) is 1. The van der Waals surface area contributed by atoms with Gasteiger partial charge < -0.3 is 10.6 Å². The standard InChI is InChI=1S/C14H16N2S/c1-16(2)12-4-3-5-14(10-12)17-13-8-6-11(15)7-9-13/h3-10H,15H2,1-2H3. The van der Waals surface area contributed by atoms with Gasteiger partial charge in [0, 0.05) is 35.3 Å². The predicted octanol–water partition coefficient (Wildman–Crippen LogP) is 3.49. The number of hydrogen-bond acceptors (Lipinski definition) is 3. The molecular weight excluding hydrogens is 228 g/mol. The van der Waals surface area contributed by atoms with E-state index in [-0.39, 0.29) is 0 Å². The van der Waals surface area contributed by atoms with E-state index in [1.54, 1.807) is 11.8 Å². The molecule has 0 atom stereocenters. The Morgan fingerprint density at radius 1 is 0.941 bits per heavy atom. The second kappa shape index (κ2) is 5.15. The zero-order chi connectivity index (χ0) is 12.3. The molecule has 0 saturated heterocycles. The molecule has 0 heterocycles. The summed E-state index contributed by atoms with van der Waals surface area (Å²) in [6, 6.07) is 16.4. The van der Waals surface area contributed by atoms with Gasteiger partial charge in [0.15, 0.2) is 0 Å². The van der Waals surface area contributed by atoms with Gasteiger partial charge in [-0.25, -0.2) is 0 Å². The fourth-order valence-corrected chi connectivity index (χ4v) is 2.37. The van der Waals surface area contributed by atoms with Crippen LogP contribution < -0.4 is 10.6 Å². The van der Waals surface area contributed by atoms with E-state index < -0.39 is 0 Å². The van der Waals surface area contributed by atoms with Crippen LogP contribution in [0.1, 0.15) is 0 Å². The van der Waals surface area contributed by atoms with Crippen LogP contribution in [0, 0.1) is 0 Å². The minimum absolute atomic E-state index is 0.802. The highest BCUT2D eigenvalue weighted by Gasteiger charge is 2.00. The first-order valence-electron chi connectivity index (χ1n) is 5.46. The van der Waals surface area contributed by atoms with Crippen LogP contribution in [0.3, 0.4) is 0 Å². The van der Waals surface area contributed by atoms with E-state index in [2.05, 4.69) is 29.2 Å². The van der Waals surface area contributed by atoms with E-state index in [4.69, 9.17) is 5.73 Å². The molecule has 17 heavy (non-hydrogen) atoms. The van der Waals surface area contributed by atoms with Crippen LogP contribution in [0.15, 0.2) is 58.3 Å². The van der Waals surface area contributed by atoms with Crippen LogP contribution in [0.4, 0.5) is 11.4 Å². The maximum absolute atomic E-state index is 5.67. The van der Waals surface area contributed by atoms with Gasteiger partial charge in [0.05, 0.1) is 0 Å². The number of nitrogen functional groups attached to an aromatic ring is 1. The molecule has 0 spiro atoms. The summed E-state index contributed by atoms with van der Waals surface area (Å²) in [7, 11) is 4.10. The minimum Gasteiger partial charge on any atom is -0.399 e. The summed E-state index contributed by atoms with van der Waals surface area (Å²) >= 11 is 1.75. The van der Waals surface area contributed by atoms with Crippen molar-refractivity contribution in [3.8, 4) is 0 Å². The normalized spacial score (nSPS) is 10.2. The first-order valence-corrected chi connectivity index (χ1v) is 6.27. The molecular formula is C14H16N2S. The van der Waals surface area contributed by atoms with Crippen molar-refractivity contribution in [1.29, 1.82) is 0 Å². The smallest absolute Gasteiger partial charge is 0.0372 e. The summed E-state index contributed by atoms with van der Waals surface area (Å²) in [5.41, 5.74) is 7.68. The van der Waals surface area contributed by atoms with Gasteiger partial charge in [-0.3, -0.25) is 0 Å². The maximum atomic E-state index is 5.67. The third-order valence-electron chi connectivity index (χ3n) is 2.45. The highest BCUT2D eigenvalue weighted by molar-refractivity contribution is 7.99. The Morgan fingerprint density at radius 3 is 2.29 bits per heavy atom. The van der Waals surface area contributed by atoms with Crippen molar-refractivity contribution in [1.82, 2.24) is 0 Å². The first-order chi connectivity index (χ1) is 8.15. The Labute approximate surface area is 106 Å². The molecule has 0 aromatic heterocycles. The van der Waals surface area contributed by atoms with Crippen LogP contribution in [-0.4, -0.2) is 14.1 Å². The van der Waals surface area contributed by atoms with Gasteiger partial charge in [0.1, 0.15) is 0 Å². The van der Waals surface area contributed by atoms with Crippen LogP contribution in [0.5, 0.6) is 0 Å². The summed E-state index contributed by atoms with van der Waals surface area (Å²) in [6.07, 6.45) is 0. The zero-order valence-corrected chi connectivity index (χ0v) is 10.9. The van der Waals surface area contributed by atoms with Crippen molar-refractivity contribution in [3.05, 3.63) is 48.5 Å². The molecule has 0 amide bonds. The monoisotopic (exact) mass is 244 g/mol. The first kappa shape index (κ1) is 11.9. The van der Waals surface area contributed by atoms with Crippen molar-refractivity contribution < 1.29 is 0 Å². The Hall–Kier alpha value is -1.61. The number of rotatable bonds is 3. The molecule has 2 rings (SSSR count). The van der Waals surface area contributed by atoms with Crippen molar-refractivity contribution in [2.75, 3.05) is 24.7 Å². The fourth-order valence-electron chi connectivity index (χ4n) is 1.50. The zero-order valence-electron chi connectivity index (χ0n) is 10.1. The SMILES string of the molecule is CN(C)c1cccc(Sc2ccc(N)cc2)c1. The molecule has 2 aromatic rings. The Morgan fingerprint density at radius 2 is 1.65 bits per heavy atom. The minimum atomic E-state index is 0.802. The summed E-state index contributed by atoms with van der Waals surface area (Å²) < 4.78 is 0. The summed E-state index contributed by atoms with van der Waals surface area (Å²) in [5, 5.41) is 0. The van der Waals surface area contributed by atoms with Crippen molar-refractivity contribution in [3.63, 3.8) is 0 Å². The van der Waals surface area contributed by atoms with E-state index in [1.165, 1.54) is 15.5 Å². The van der Waals surface area contributed by atoms with Crippen LogP contribution in [0.25, 0.3) is 0 Å². The van der Waals surface area contributed by atoms with E-state index in [0.717, 1.165) is 5.69 Å². The maximum Gasteiger partial charge on any atom is 0.0372 e. The number of nitrogens with two attached hydrogens (primary N) is 1. The van der Waals surface area contributed by atoms with Crippen molar-refractivity contribution in [2.45, 2.75) is 9.79 Å². The van der Waals surface area contributed by atoms with Gasteiger partial charge in [-0.15, -0.1) is 0 Å². The van der Waals surface area contributed by atoms with Crippen LogP contribution in [-0.2, 0) is 0 Å². The molecule has 2 aromatic carbocycles. The lowest BCUT2D eigenvalue weighted by Crippen LogP contribution is -2.08. The summed E-state index contributed by atoms with van der Waals surface area (Å²) in [5.74, 6) is 0. The Balaban J connectivity index is 2.18. The Bertz CT molecular complexity index is 492. The highest BCUT2D eigenvalue weighted by atomic mass is 32.2. The van der Waals surface area contributed by atoms with Gasteiger partial charge in [0.2, 0.25) is 0 Å². The van der Waals surface area contributed by atoms with E-state index in [0.29, 0.717) is 0 Å². The molecule has 0 radical (unpaired) electrons. The molecule has 3 heteroatoms. The summed E-state index contributed by atoms with van der Waals surface area (Å²) in [4.78, 5) is 4.55. The molecule has 0 aliphatic rings. The molecule has 0 saturated carbocycles. The lowest BCUT2D eigenvalue weighted by atomic mass is 10.3. The predicted molar refractivity (Wildman–Crippen MR) is 75.7 cm³/mol. The fraction of sp³-hybridized carbons (Fsp3) is 0.143. The van der Waals surface area contributed by atoms with Gasteiger partial charge in [-0.05, 0) is 42.5 Å². The molecule has 0 aliphatic heterocycles. The van der Waals surface area contributed by atoms with Gasteiger partial charge >= 0.3 is 0 Å². The van der Waals surface area contributed by atoms with Crippen molar-refractivity contribution >= 4 is 23.1 Å². The van der Waals surface area contributed by atoms with Gasteiger partial charge in [0.25, 0.3) is 0 Å². The molecule has 0 unspecified atom stereocenters. The molecule has 0 fully saturated rings. The topological polar surface area (TPSA) is 29.3 Å². The van der Waals surface area contributed by atoms with E-state index in [1.807, 2.05) is 38.4 Å². The number of benzene rings is 2. The lowest BCUT2D eigenvalue weighted by Gasteiger charge is -2.13. The number of anilines is 2. The lowest BCUT2D eigenvalue weighted by molar-refractivity contribution is 1.12. The van der Waals surface area contributed by atoms with Gasteiger partial charge in [-0.2, -0.15) is 0 Å². The average Bonchev–Trinajstić information content (AvgIpc) is 2.32. The Kier molecular flexibility index (Phi) is 3.59. The van der Waals surface area contributed by atoms with E-state index in [9.17, 15) is 0 Å². The highest BCUT2D eigenvalue weighted by Crippen LogP contribution is 2.30. The largest absolute Gasteiger partial charge is 0.399 e. The molecule has 2 N–H and O–H groups in total. The summed E-state index contributed by atoms with van der Waals surface area (Å²) in [6.45, 7) is 0.